The van der Waals surface area contributed by atoms with E-state index in [0.29, 0.717) is 7.14 Å². The minimum atomic E-state index is -5.41. The van der Waals surface area contributed by atoms with Crippen LogP contribution in [0.15, 0.2) is 66.7 Å². The van der Waals surface area contributed by atoms with Crippen LogP contribution in [0, 0.1) is 7.14 Å². The topological polar surface area (TPSA) is 69.7 Å². The first kappa shape index (κ1) is 25.4. The molecule has 0 heterocycles. The number of carbonyl (C=O) groups excluding carboxylic acids is 1. The molecule has 0 aliphatic heterocycles. The average Bonchev–Trinajstić information content (AvgIpc) is 2.70. The predicted molar refractivity (Wildman–Crippen MR) is 124 cm³/mol. The van der Waals surface area contributed by atoms with Gasteiger partial charge < -0.3 is 0 Å². The van der Waals surface area contributed by atoms with E-state index in [1.54, 1.807) is 42.5 Å². The van der Waals surface area contributed by atoms with Gasteiger partial charge in [-0.2, -0.15) is 0 Å². The van der Waals surface area contributed by atoms with E-state index in [-0.39, 0.29) is 11.0 Å². The molecule has 0 radical (unpaired) electrons. The normalized spacial score (nSPS) is 12.9. The molecule has 2 rings (SSSR count). The van der Waals surface area contributed by atoms with Crippen LogP contribution in [-0.2, 0) is 27.6 Å². The van der Waals surface area contributed by atoms with E-state index in [4.69, 9.17) is 2.51 Å². The summed E-state index contributed by atoms with van der Waals surface area (Å²) in [5.41, 5.74) is 0.329. The summed E-state index contributed by atoms with van der Waals surface area (Å²) in [5.74, 6) is -1.11. The van der Waals surface area contributed by atoms with Gasteiger partial charge in [-0.15, -0.1) is 0 Å². The number of rotatable bonds is 8. The average molecular weight is 566 g/mol. The van der Waals surface area contributed by atoms with Crippen LogP contribution in [-0.4, -0.2) is 26.2 Å². The molecular weight excluding hydrogens is 541 g/mol. The van der Waals surface area contributed by atoms with Crippen molar-refractivity contribution in [3.63, 3.8) is 0 Å². The molecule has 0 saturated heterocycles. The molecule has 0 N–H and O–H groups in total. The van der Waals surface area contributed by atoms with Crippen LogP contribution in [0.5, 0.6) is 0 Å². The molecule has 5 nitrogen and oxygen atoms in total. The van der Waals surface area contributed by atoms with E-state index in [1.165, 1.54) is 6.92 Å². The number of ether oxygens (including phenoxy) is 1. The van der Waals surface area contributed by atoms with Crippen molar-refractivity contribution >= 4 is 36.3 Å². The monoisotopic (exact) mass is 566 g/mol. The zero-order valence-electron chi connectivity index (χ0n) is 17.7. The molecule has 0 aromatic heterocycles. The van der Waals surface area contributed by atoms with Crippen LogP contribution in [0.25, 0.3) is 0 Å². The van der Waals surface area contributed by atoms with Crippen LogP contribution in [0.1, 0.15) is 33.3 Å². The van der Waals surface area contributed by atoms with E-state index in [9.17, 15) is 22.0 Å². The van der Waals surface area contributed by atoms with Gasteiger partial charge in [0.2, 0.25) is 0 Å². The first-order valence-corrected chi connectivity index (χ1v) is 13.7. The second kappa shape index (κ2) is 9.74. The third kappa shape index (κ3) is 6.33. The number of benzene rings is 2. The van der Waals surface area contributed by atoms with Crippen molar-refractivity contribution in [1.29, 1.82) is 0 Å². The van der Waals surface area contributed by atoms with Crippen LogP contribution in [0.2, 0.25) is 0 Å². The Hall–Kier alpha value is -1.85. The third-order valence-electron chi connectivity index (χ3n) is 4.03. The van der Waals surface area contributed by atoms with Gasteiger partial charge in [-0.1, -0.05) is 0 Å². The standard InChI is InChI=1S/C22H25F2IO5S/c1-16(2)20(26)29-15-22(23,24)31(27,28)30-25(17-11-7-6-8-12-17)19-14-10-9-13-18(19)21(3,4)5/h6-14H,1,15H2,2-5H3. The van der Waals surface area contributed by atoms with Crippen molar-refractivity contribution < 1.29 is 29.2 Å². The second-order valence-corrected chi connectivity index (χ2v) is 14.3. The number of alkyl halides is 2. The van der Waals surface area contributed by atoms with Gasteiger partial charge in [0.05, 0.1) is 0 Å². The Kier molecular flexibility index (Phi) is 7.99. The summed E-state index contributed by atoms with van der Waals surface area (Å²) < 4.78 is 65.1. The second-order valence-electron chi connectivity index (χ2n) is 7.79. The maximum atomic E-state index is 14.6. The number of hydrogen-bond acceptors (Lipinski definition) is 5. The van der Waals surface area contributed by atoms with Crippen molar-refractivity contribution in [3.8, 4) is 0 Å². The summed E-state index contributed by atoms with van der Waals surface area (Å²) in [6.45, 7) is 8.75. The summed E-state index contributed by atoms with van der Waals surface area (Å²) in [6, 6.07) is 15.6. The number of hydrogen-bond donors (Lipinski definition) is 0. The number of halogens is 3. The Morgan fingerprint density at radius 1 is 1.03 bits per heavy atom. The summed E-state index contributed by atoms with van der Waals surface area (Å²) in [7, 11) is -5.41. The van der Waals surface area contributed by atoms with E-state index in [2.05, 4.69) is 11.3 Å². The molecule has 0 amide bonds. The van der Waals surface area contributed by atoms with Gasteiger partial charge in [0.15, 0.2) is 0 Å². The SMILES string of the molecule is C=C(C)C(=O)OCC(F)(F)S(=O)(=O)OI(c1ccccc1)c1ccccc1C(C)(C)C. The fraction of sp³-hybridized carbons (Fsp3) is 0.318. The fourth-order valence-electron chi connectivity index (χ4n) is 2.41. The summed E-state index contributed by atoms with van der Waals surface area (Å²) in [5, 5.41) is -4.42. The first-order valence-electron chi connectivity index (χ1n) is 9.26. The van der Waals surface area contributed by atoms with Crippen LogP contribution in [0.4, 0.5) is 8.78 Å². The molecule has 0 unspecified atom stereocenters. The molecule has 0 aliphatic rings. The van der Waals surface area contributed by atoms with Crippen LogP contribution < -0.4 is 0 Å². The van der Waals surface area contributed by atoms with Crippen molar-refractivity contribution in [1.82, 2.24) is 0 Å². The third-order valence-corrected chi connectivity index (χ3v) is 11.5. The van der Waals surface area contributed by atoms with Crippen molar-refractivity contribution in [2.24, 2.45) is 0 Å². The molecule has 2 aromatic carbocycles. The summed E-state index contributed by atoms with van der Waals surface area (Å²) in [4.78, 5) is 11.5. The summed E-state index contributed by atoms with van der Waals surface area (Å²) >= 11 is -3.34. The quantitative estimate of drug-likeness (QED) is 0.240. The molecule has 170 valence electrons. The van der Waals surface area contributed by atoms with Gasteiger partial charge in [0, 0.05) is 0 Å². The molecule has 0 saturated carbocycles. The Morgan fingerprint density at radius 3 is 2.13 bits per heavy atom. The molecule has 31 heavy (non-hydrogen) atoms. The van der Waals surface area contributed by atoms with Gasteiger partial charge in [0.1, 0.15) is 0 Å². The van der Waals surface area contributed by atoms with Gasteiger partial charge in [-0.3, -0.25) is 0 Å². The van der Waals surface area contributed by atoms with Crippen LogP contribution >= 0.6 is 20.2 Å². The molecule has 0 bridgehead atoms. The summed E-state index contributed by atoms with van der Waals surface area (Å²) in [6.07, 6.45) is 0. The molecule has 0 atom stereocenters. The van der Waals surface area contributed by atoms with Gasteiger partial charge in [-0.25, -0.2) is 0 Å². The fourth-order valence-corrected chi connectivity index (χ4v) is 10.2. The predicted octanol–water partition coefficient (Wildman–Crippen LogP) is 5.50. The van der Waals surface area contributed by atoms with E-state index in [0.717, 1.165) is 5.56 Å². The Morgan fingerprint density at radius 2 is 1.58 bits per heavy atom. The van der Waals surface area contributed by atoms with Crippen molar-refractivity contribution in [2.75, 3.05) is 6.61 Å². The number of esters is 1. The Labute approximate surface area is 189 Å². The van der Waals surface area contributed by atoms with E-state index >= 15 is 0 Å². The van der Waals surface area contributed by atoms with Crippen molar-refractivity contribution in [3.05, 3.63) is 79.5 Å². The van der Waals surface area contributed by atoms with E-state index in [1.807, 2.05) is 32.9 Å². The molecule has 0 fully saturated rings. The Balaban J connectivity index is 2.49. The first-order chi connectivity index (χ1) is 14.3. The molecule has 0 aliphatic carbocycles. The maximum absolute atomic E-state index is 14.6. The van der Waals surface area contributed by atoms with Gasteiger partial charge in [0.25, 0.3) is 0 Å². The van der Waals surface area contributed by atoms with Gasteiger partial charge in [-0.05, 0) is 0 Å². The van der Waals surface area contributed by atoms with E-state index < -0.39 is 48.2 Å². The molecule has 9 heteroatoms. The zero-order chi connectivity index (χ0) is 23.4. The zero-order valence-corrected chi connectivity index (χ0v) is 20.7. The van der Waals surface area contributed by atoms with Gasteiger partial charge >= 0.3 is 190 Å². The molecule has 2 aromatic rings. The molecular formula is C22H25F2IO5S. The minimum absolute atomic E-state index is 0.119. The molecule has 0 spiro atoms. The van der Waals surface area contributed by atoms with Crippen molar-refractivity contribution in [2.45, 2.75) is 38.4 Å². The van der Waals surface area contributed by atoms with Crippen LogP contribution in [0.3, 0.4) is 0 Å². The Bertz CT molecular complexity index is 1050. The number of carbonyl (C=O) groups is 1.